The predicted molar refractivity (Wildman–Crippen MR) is 85.3 cm³/mol. The highest BCUT2D eigenvalue weighted by atomic mass is 16.5. The van der Waals surface area contributed by atoms with E-state index in [0.29, 0.717) is 17.1 Å². The van der Waals surface area contributed by atoms with Gasteiger partial charge in [-0.2, -0.15) is 5.26 Å². The van der Waals surface area contributed by atoms with Crippen LogP contribution in [0, 0.1) is 11.3 Å². The van der Waals surface area contributed by atoms with E-state index in [4.69, 9.17) is 19.9 Å². The summed E-state index contributed by atoms with van der Waals surface area (Å²) in [5.74, 6) is 1.87. The first-order valence-corrected chi connectivity index (χ1v) is 7.07. The van der Waals surface area contributed by atoms with Crippen molar-refractivity contribution in [3.63, 3.8) is 0 Å². The van der Waals surface area contributed by atoms with Crippen molar-refractivity contribution in [3.05, 3.63) is 65.0 Å². The SMILES string of the molecule is COc1ccc([C@H]2C(C#N)=C(N)Oc3cc(OC)ccc32)cc1. The zero-order valence-electron chi connectivity index (χ0n) is 12.9. The summed E-state index contributed by atoms with van der Waals surface area (Å²) in [6, 6.07) is 15.2. The second-order valence-corrected chi connectivity index (χ2v) is 5.10. The van der Waals surface area contributed by atoms with Crippen molar-refractivity contribution in [2.75, 3.05) is 14.2 Å². The van der Waals surface area contributed by atoms with E-state index < -0.39 is 0 Å². The molecule has 1 aliphatic rings. The molecular weight excluding hydrogens is 292 g/mol. The van der Waals surface area contributed by atoms with Gasteiger partial charge in [0.1, 0.15) is 28.9 Å². The summed E-state index contributed by atoms with van der Waals surface area (Å²) in [5, 5.41) is 9.50. The van der Waals surface area contributed by atoms with Crippen LogP contribution in [-0.2, 0) is 0 Å². The van der Waals surface area contributed by atoms with E-state index in [1.807, 2.05) is 36.4 Å². The van der Waals surface area contributed by atoms with Gasteiger partial charge in [0.05, 0.1) is 20.1 Å². The summed E-state index contributed by atoms with van der Waals surface area (Å²) in [6.07, 6.45) is 0. The number of hydrogen-bond donors (Lipinski definition) is 1. The molecule has 0 spiro atoms. The molecule has 0 aliphatic carbocycles. The fourth-order valence-corrected chi connectivity index (χ4v) is 2.70. The fourth-order valence-electron chi connectivity index (χ4n) is 2.70. The average Bonchev–Trinajstić information content (AvgIpc) is 2.60. The lowest BCUT2D eigenvalue weighted by atomic mass is 9.83. The number of nitrogens with two attached hydrogens (primary N) is 1. The third-order valence-corrected chi connectivity index (χ3v) is 3.88. The van der Waals surface area contributed by atoms with Crippen LogP contribution in [0.3, 0.4) is 0 Å². The smallest absolute Gasteiger partial charge is 0.205 e. The maximum absolute atomic E-state index is 9.50. The number of fused-ring (bicyclic) bond motifs is 1. The second kappa shape index (κ2) is 5.93. The minimum Gasteiger partial charge on any atom is -0.497 e. The molecular formula is C18H16N2O3. The molecule has 0 radical (unpaired) electrons. The number of hydrogen-bond acceptors (Lipinski definition) is 5. The van der Waals surface area contributed by atoms with Crippen LogP contribution in [0.4, 0.5) is 0 Å². The minimum atomic E-state index is -0.277. The molecule has 0 aromatic heterocycles. The summed E-state index contributed by atoms with van der Waals surface area (Å²) >= 11 is 0. The van der Waals surface area contributed by atoms with Crippen molar-refractivity contribution in [3.8, 4) is 23.3 Å². The first-order chi connectivity index (χ1) is 11.2. The molecule has 3 rings (SSSR count). The molecule has 0 unspecified atom stereocenters. The van der Waals surface area contributed by atoms with Crippen LogP contribution in [-0.4, -0.2) is 14.2 Å². The number of methoxy groups -OCH3 is 2. The Labute approximate surface area is 134 Å². The van der Waals surface area contributed by atoms with E-state index in [2.05, 4.69) is 6.07 Å². The highest BCUT2D eigenvalue weighted by Crippen LogP contribution is 2.43. The number of ether oxygens (including phenoxy) is 3. The Balaban J connectivity index is 2.14. The van der Waals surface area contributed by atoms with Crippen LogP contribution in [0.2, 0.25) is 0 Å². The quantitative estimate of drug-likeness (QED) is 0.943. The molecule has 0 amide bonds. The molecule has 2 aromatic carbocycles. The lowest BCUT2D eigenvalue weighted by Crippen LogP contribution is -2.21. The molecule has 1 atom stereocenters. The standard InChI is InChI=1S/C18H16N2O3/c1-21-12-5-3-11(4-6-12)17-14-8-7-13(22-2)9-16(14)23-18(20)15(17)10-19/h3-9,17H,20H2,1-2H3/t17-/m1/s1. The maximum Gasteiger partial charge on any atom is 0.205 e. The third kappa shape index (κ3) is 2.55. The van der Waals surface area contributed by atoms with Gasteiger partial charge in [-0.15, -0.1) is 0 Å². The molecule has 2 aromatic rings. The number of rotatable bonds is 3. The Bertz CT molecular complexity index is 804. The topological polar surface area (TPSA) is 77.5 Å². The Hall–Kier alpha value is -3.13. The van der Waals surface area contributed by atoms with Crippen LogP contribution in [0.25, 0.3) is 0 Å². The highest BCUT2D eigenvalue weighted by Gasteiger charge is 2.30. The van der Waals surface area contributed by atoms with Crippen molar-refractivity contribution in [1.82, 2.24) is 0 Å². The zero-order valence-corrected chi connectivity index (χ0v) is 12.9. The van der Waals surface area contributed by atoms with Crippen LogP contribution in [0.15, 0.2) is 53.9 Å². The Morgan fingerprint density at radius 3 is 2.30 bits per heavy atom. The molecule has 23 heavy (non-hydrogen) atoms. The normalized spacial score (nSPS) is 16.1. The summed E-state index contributed by atoms with van der Waals surface area (Å²) in [7, 11) is 3.20. The molecule has 1 heterocycles. The van der Waals surface area contributed by atoms with Crippen LogP contribution < -0.4 is 19.9 Å². The Morgan fingerprint density at radius 1 is 1.04 bits per heavy atom. The molecule has 0 fully saturated rings. The molecule has 116 valence electrons. The summed E-state index contributed by atoms with van der Waals surface area (Å²) in [4.78, 5) is 0. The number of allylic oxidation sites excluding steroid dienone is 1. The Morgan fingerprint density at radius 2 is 1.70 bits per heavy atom. The van der Waals surface area contributed by atoms with Crippen LogP contribution >= 0.6 is 0 Å². The Kier molecular flexibility index (Phi) is 3.82. The van der Waals surface area contributed by atoms with Gasteiger partial charge >= 0.3 is 0 Å². The number of nitrogens with zero attached hydrogens (tertiary/aromatic N) is 1. The number of nitriles is 1. The van der Waals surface area contributed by atoms with Gasteiger partial charge in [0, 0.05) is 11.6 Å². The third-order valence-electron chi connectivity index (χ3n) is 3.88. The molecule has 0 bridgehead atoms. The number of benzene rings is 2. The molecule has 0 saturated heterocycles. The van der Waals surface area contributed by atoms with Crippen LogP contribution in [0.1, 0.15) is 17.0 Å². The van der Waals surface area contributed by atoms with Gasteiger partial charge in [-0.25, -0.2) is 0 Å². The highest BCUT2D eigenvalue weighted by molar-refractivity contribution is 5.57. The molecule has 5 nitrogen and oxygen atoms in total. The van der Waals surface area contributed by atoms with Gasteiger partial charge in [-0.1, -0.05) is 18.2 Å². The second-order valence-electron chi connectivity index (χ2n) is 5.10. The van der Waals surface area contributed by atoms with Crippen molar-refractivity contribution in [2.24, 2.45) is 5.73 Å². The monoisotopic (exact) mass is 308 g/mol. The van der Waals surface area contributed by atoms with Gasteiger partial charge in [0.2, 0.25) is 5.88 Å². The lowest BCUT2D eigenvalue weighted by Gasteiger charge is -2.26. The van der Waals surface area contributed by atoms with Crippen molar-refractivity contribution in [1.29, 1.82) is 5.26 Å². The van der Waals surface area contributed by atoms with E-state index in [0.717, 1.165) is 16.9 Å². The molecule has 1 aliphatic heterocycles. The van der Waals surface area contributed by atoms with E-state index in [1.54, 1.807) is 20.3 Å². The van der Waals surface area contributed by atoms with E-state index >= 15 is 0 Å². The van der Waals surface area contributed by atoms with E-state index in [-0.39, 0.29) is 11.8 Å². The predicted octanol–water partition coefficient (Wildman–Crippen LogP) is 2.92. The van der Waals surface area contributed by atoms with Crippen molar-refractivity contribution < 1.29 is 14.2 Å². The minimum absolute atomic E-state index is 0.120. The fraction of sp³-hybridized carbons (Fsp3) is 0.167. The summed E-state index contributed by atoms with van der Waals surface area (Å²) < 4.78 is 16.0. The largest absolute Gasteiger partial charge is 0.497 e. The van der Waals surface area contributed by atoms with Gasteiger partial charge in [-0.05, 0) is 23.8 Å². The summed E-state index contributed by atoms with van der Waals surface area (Å²) in [5.41, 5.74) is 8.17. The van der Waals surface area contributed by atoms with Gasteiger partial charge in [-0.3, -0.25) is 0 Å². The molecule has 5 heteroatoms. The van der Waals surface area contributed by atoms with Gasteiger partial charge in [0.25, 0.3) is 0 Å². The molecule has 0 saturated carbocycles. The maximum atomic E-state index is 9.50. The van der Waals surface area contributed by atoms with Crippen molar-refractivity contribution in [2.45, 2.75) is 5.92 Å². The van der Waals surface area contributed by atoms with E-state index in [9.17, 15) is 5.26 Å². The molecule has 2 N–H and O–H groups in total. The zero-order chi connectivity index (χ0) is 16.4. The van der Waals surface area contributed by atoms with E-state index in [1.165, 1.54) is 0 Å². The average molecular weight is 308 g/mol. The first-order valence-electron chi connectivity index (χ1n) is 7.07. The summed E-state index contributed by atoms with van der Waals surface area (Å²) in [6.45, 7) is 0. The lowest BCUT2D eigenvalue weighted by molar-refractivity contribution is 0.381. The first kappa shape index (κ1) is 14.8. The van der Waals surface area contributed by atoms with Crippen LogP contribution in [0.5, 0.6) is 17.2 Å². The van der Waals surface area contributed by atoms with Crippen molar-refractivity contribution >= 4 is 0 Å². The van der Waals surface area contributed by atoms with Gasteiger partial charge < -0.3 is 19.9 Å². The van der Waals surface area contributed by atoms with Gasteiger partial charge in [0.15, 0.2) is 0 Å².